The highest BCUT2D eigenvalue weighted by Crippen LogP contribution is 2.49. The highest BCUT2D eigenvalue weighted by Gasteiger charge is 2.33. The van der Waals surface area contributed by atoms with Crippen LogP contribution in [-0.4, -0.2) is 18.0 Å². The molecule has 1 atom stereocenters. The number of nitriles is 1. The van der Waals surface area contributed by atoms with Crippen molar-refractivity contribution in [1.29, 1.82) is 5.26 Å². The number of fused-ring (bicyclic) bond motifs is 3. The summed E-state index contributed by atoms with van der Waals surface area (Å²) in [5, 5.41) is 13.1. The van der Waals surface area contributed by atoms with E-state index in [9.17, 15) is 10.1 Å². The quantitative estimate of drug-likeness (QED) is 0.724. The van der Waals surface area contributed by atoms with Crippen molar-refractivity contribution in [3.63, 3.8) is 0 Å². The van der Waals surface area contributed by atoms with Gasteiger partial charge in [0.05, 0.1) is 22.9 Å². The van der Waals surface area contributed by atoms with E-state index < -0.39 is 0 Å². The van der Waals surface area contributed by atoms with Gasteiger partial charge in [0.25, 0.3) is 0 Å². The van der Waals surface area contributed by atoms with Gasteiger partial charge in [-0.2, -0.15) is 5.26 Å². The number of amides is 1. The van der Waals surface area contributed by atoms with Crippen molar-refractivity contribution in [3.8, 4) is 11.8 Å². The van der Waals surface area contributed by atoms with Crippen molar-refractivity contribution in [1.82, 2.24) is 4.98 Å². The van der Waals surface area contributed by atoms with Gasteiger partial charge in [-0.05, 0) is 18.6 Å². The molecule has 130 valence electrons. The minimum Gasteiger partial charge on any atom is -0.496 e. The smallest absolute Gasteiger partial charge is 0.225 e. The van der Waals surface area contributed by atoms with Crippen molar-refractivity contribution in [2.75, 3.05) is 18.2 Å². The standard InChI is InChI=1S/C19H16N4O2S/c1-9-12(8-20)18(21)23-16-15-11(10-5-3-4-6-13(10)25-2)7-14(24)22-19(15)26-17(9)16/h3-6,11H,7H2,1-2H3,(H2,21,23)(H,22,24)/t11-/m0/s1. The summed E-state index contributed by atoms with van der Waals surface area (Å²) in [7, 11) is 1.62. The molecular formula is C19H16N4O2S. The highest BCUT2D eigenvalue weighted by atomic mass is 32.1. The van der Waals surface area contributed by atoms with Crippen molar-refractivity contribution < 1.29 is 9.53 Å². The number of pyridine rings is 1. The number of nitrogens with zero attached hydrogens (tertiary/aromatic N) is 2. The Hall–Kier alpha value is -3.11. The van der Waals surface area contributed by atoms with E-state index in [1.165, 1.54) is 11.3 Å². The Balaban J connectivity index is 2.03. The molecule has 0 radical (unpaired) electrons. The lowest BCUT2D eigenvalue weighted by atomic mass is 9.86. The average Bonchev–Trinajstić information content (AvgIpc) is 2.99. The van der Waals surface area contributed by atoms with Crippen LogP contribution < -0.4 is 15.8 Å². The van der Waals surface area contributed by atoms with Crippen molar-refractivity contribution >= 4 is 38.3 Å². The van der Waals surface area contributed by atoms with E-state index in [0.717, 1.165) is 37.7 Å². The Morgan fingerprint density at radius 2 is 2.19 bits per heavy atom. The van der Waals surface area contributed by atoms with Crippen LogP contribution in [0.3, 0.4) is 0 Å². The largest absolute Gasteiger partial charge is 0.496 e. The Morgan fingerprint density at radius 1 is 1.42 bits per heavy atom. The van der Waals surface area contributed by atoms with Gasteiger partial charge in [0.2, 0.25) is 5.91 Å². The number of carbonyl (C=O) groups is 1. The van der Waals surface area contributed by atoms with Crippen LogP contribution in [0.4, 0.5) is 10.8 Å². The number of hydrogen-bond donors (Lipinski definition) is 2. The van der Waals surface area contributed by atoms with Crippen LogP contribution in [0.5, 0.6) is 5.75 Å². The number of hydrogen-bond acceptors (Lipinski definition) is 6. The molecule has 3 heterocycles. The van der Waals surface area contributed by atoms with E-state index in [1.807, 2.05) is 31.2 Å². The van der Waals surface area contributed by atoms with E-state index in [2.05, 4.69) is 16.4 Å². The predicted octanol–water partition coefficient (Wildman–Crippen LogP) is 3.54. The number of methoxy groups -OCH3 is 1. The average molecular weight is 364 g/mol. The summed E-state index contributed by atoms with van der Waals surface area (Å²) in [5.74, 6) is 0.721. The van der Waals surface area contributed by atoms with Crippen LogP contribution in [0, 0.1) is 18.3 Å². The summed E-state index contributed by atoms with van der Waals surface area (Å²) in [6.45, 7) is 1.86. The molecule has 0 bridgehead atoms. The normalized spacial score (nSPS) is 16.0. The van der Waals surface area contributed by atoms with E-state index in [0.29, 0.717) is 12.0 Å². The monoisotopic (exact) mass is 364 g/mol. The molecule has 3 N–H and O–H groups in total. The van der Waals surface area contributed by atoms with Crippen LogP contribution >= 0.6 is 11.3 Å². The number of thiophene rings is 1. The first-order valence-corrected chi connectivity index (χ1v) is 8.92. The van der Waals surface area contributed by atoms with Gasteiger partial charge in [0.15, 0.2) is 0 Å². The SMILES string of the molecule is COc1ccccc1[C@@H]1CC(=O)Nc2sc3c(C)c(C#N)c(N)nc3c21. The van der Waals surface area contributed by atoms with Crippen molar-refractivity contribution in [2.24, 2.45) is 0 Å². The second-order valence-corrected chi connectivity index (χ2v) is 7.20. The molecular weight excluding hydrogens is 348 g/mol. The van der Waals surface area contributed by atoms with Gasteiger partial charge in [-0.3, -0.25) is 4.79 Å². The number of anilines is 2. The number of para-hydroxylation sites is 1. The van der Waals surface area contributed by atoms with Gasteiger partial charge in [0, 0.05) is 23.5 Å². The van der Waals surface area contributed by atoms with E-state index >= 15 is 0 Å². The lowest BCUT2D eigenvalue weighted by Crippen LogP contribution is -2.22. The number of benzene rings is 1. The molecule has 0 spiro atoms. The summed E-state index contributed by atoms with van der Waals surface area (Å²) in [6, 6.07) is 9.80. The maximum Gasteiger partial charge on any atom is 0.225 e. The number of aromatic nitrogens is 1. The van der Waals surface area contributed by atoms with Crippen LogP contribution in [0.1, 0.15) is 34.6 Å². The van der Waals surface area contributed by atoms with E-state index in [-0.39, 0.29) is 17.6 Å². The predicted molar refractivity (Wildman–Crippen MR) is 102 cm³/mol. The third kappa shape index (κ3) is 2.30. The first-order chi connectivity index (χ1) is 12.5. The summed E-state index contributed by atoms with van der Waals surface area (Å²) < 4.78 is 6.38. The number of ether oxygens (including phenoxy) is 1. The highest BCUT2D eigenvalue weighted by molar-refractivity contribution is 7.23. The molecule has 0 fully saturated rings. The Kier molecular flexibility index (Phi) is 3.78. The molecule has 3 aromatic rings. The van der Waals surface area contributed by atoms with Gasteiger partial charge >= 0.3 is 0 Å². The van der Waals surface area contributed by atoms with Gasteiger partial charge in [-0.15, -0.1) is 11.3 Å². The molecule has 2 aromatic heterocycles. The van der Waals surface area contributed by atoms with Crippen LogP contribution in [0.25, 0.3) is 10.2 Å². The lowest BCUT2D eigenvalue weighted by Gasteiger charge is -2.24. The maximum atomic E-state index is 12.3. The fourth-order valence-electron chi connectivity index (χ4n) is 3.52. The second-order valence-electron chi connectivity index (χ2n) is 6.18. The molecule has 1 aliphatic heterocycles. The number of aryl methyl sites for hydroxylation is 1. The minimum absolute atomic E-state index is 0.0499. The fourth-order valence-corrected chi connectivity index (χ4v) is 4.75. The zero-order valence-corrected chi connectivity index (χ0v) is 15.1. The maximum absolute atomic E-state index is 12.3. The van der Waals surface area contributed by atoms with Crippen LogP contribution in [0.15, 0.2) is 24.3 Å². The summed E-state index contributed by atoms with van der Waals surface area (Å²) >= 11 is 1.44. The molecule has 0 unspecified atom stereocenters. The van der Waals surface area contributed by atoms with Crippen LogP contribution in [0.2, 0.25) is 0 Å². The zero-order valence-electron chi connectivity index (χ0n) is 14.3. The van der Waals surface area contributed by atoms with Crippen molar-refractivity contribution in [3.05, 3.63) is 46.5 Å². The van der Waals surface area contributed by atoms with E-state index in [4.69, 9.17) is 10.5 Å². The molecule has 26 heavy (non-hydrogen) atoms. The zero-order chi connectivity index (χ0) is 18.4. The first kappa shape index (κ1) is 16.4. The summed E-state index contributed by atoms with van der Waals surface area (Å²) in [6.07, 6.45) is 0.305. The molecule has 4 rings (SSSR count). The lowest BCUT2D eigenvalue weighted by molar-refractivity contribution is -0.116. The number of nitrogen functional groups attached to an aromatic ring is 1. The third-order valence-corrected chi connectivity index (χ3v) is 5.97. The summed E-state index contributed by atoms with van der Waals surface area (Å²) in [5.41, 5.74) is 9.82. The second kappa shape index (κ2) is 6.00. The molecule has 7 heteroatoms. The van der Waals surface area contributed by atoms with Gasteiger partial charge in [-0.25, -0.2) is 4.98 Å². The molecule has 0 aliphatic carbocycles. The van der Waals surface area contributed by atoms with E-state index in [1.54, 1.807) is 7.11 Å². The fraction of sp³-hybridized carbons (Fsp3) is 0.211. The molecule has 0 saturated heterocycles. The summed E-state index contributed by atoms with van der Waals surface area (Å²) in [4.78, 5) is 16.8. The molecule has 1 amide bonds. The number of nitrogens with one attached hydrogen (secondary N) is 1. The molecule has 0 saturated carbocycles. The van der Waals surface area contributed by atoms with Crippen molar-refractivity contribution in [2.45, 2.75) is 19.3 Å². The van der Waals surface area contributed by atoms with Gasteiger partial charge < -0.3 is 15.8 Å². The Morgan fingerprint density at radius 3 is 2.92 bits per heavy atom. The number of carbonyl (C=O) groups excluding carboxylic acids is 1. The first-order valence-electron chi connectivity index (χ1n) is 8.10. The topological polar surface area (TPSA) is 101 Å². The number of rotatable bonds is 2. The Labute approximate surface area is 154 Å². The molecule has 1 aromatic carbocycles. The molecule has 6 nitrogen and oxygen atoms in total. The third-order valence-electron chi connectivity index (χ3n) is 4.74. The Bertz CT molecular complexity index is 1100. The van der Waals surface area contributed by atoms with Gasteiger partial charge in [0.1, 0.15) is 22.6 Å². The molecule has 1 aliphatic rings. The van der Waals surface area contributed by atoms with Gasteiger partial charge in [-0.1, -0.05) is 18.2 Å². The minimum atomic E-state index is -0.178. The number of nitrogens with two attached hydrogens (primary N) is 1. The van der Waals surface area contributed by atoms with Crippen LogP contribution in [-0.2, 0) is 4.79 Å².